The number of aryl methyl sites for hydroxylation is 1. The number of pyridine rings is 1. The minimum absolute atomic E-state index is 0.0641. The number of halogens is 2. The van der Waals surface area contributed by atoms with Gasteiger partial charge in [0.2, 0.25) is 5.95 Å². The van der Waals surface area contributed by atoms with E-state index < -0.39 is 22.9 Å². The lowest BCUT2D eigenvalue weighted by Gasteiger charge is -2.23. The van der Waals surface area contributed by atoms with Crippen LogP contribution in [0.25, 0.3) is 28.0 Å². The molecule has 1 amide bonds. The first kappa shape index (κ1) is 31.3. The molecule has 1 aliphatic carbocycles. The molecule has 0 bridgehead atoms. The van der Waals surface area contributed by atoms with Gasteiger partial charge < -0.3 is 15.5 Å². The van der Waals surface area contributed by atoms with Gasteiger partial charge in [0.05, 0.1) is 5.69 Å². The summed E-state index contributed by atoms with van der Waals surface area (Å²) in [6, 6.07) is 11.9. The Morgan fingerprint density at radius 3 is 2.43 bits per heavy atom. The molecule has 1 saturated carbocycles. The first-order valence-corrected chi connectivity index (χ1v) is 15.6. The summed E-state index contributed by atoms with van der Waals surface area (Å²) in [6.07, 6.45) is 6.15. The van der Waals surface area contributed by atoms with Crippen LogP contribution in [0.5, 0.6) is 0 Å². The number of carbonyl (C=O) groups excluding carboxylic acids is 1. The van der Waals surface area contributed by atoms with Crippen LogP contribution in [0.15, 0.2) is 53.3 Å². The second-order valence-electron chi connectivity index (χ2n) is 11.4. The third kappa shape index (κ3) is 6.80. The Hall–Kier alpha value is -4.18. The van der Waals surface area contributed by atoms with Crippen molar-refractivity contribution in [3.8, 4) is 16.9 Å². The van der Waals surface area contributed by atoms with Gasteiger partial charge in [0.1, 0.15) is 17.3 Å². The topological polar surface area (TPSA) is 92.2 Å². The van der Waals surface area contributed by atoms with E-state index in [1.54, 1.807) is 18.2 Å². The highest BCUT2D eigenvalue weighted by molar-refractivity contribution is 5.98. The summed E-state index contributed by atoms with van der Waals surface area (Å²) in [6.45, 7) is 9.45. The Morgan fingerprint density at radius 1 is 1.00 bits per heavy atom. The van der Waals surface area contributed by atoms with E-state index in [-0.39, 0.29) is 23.5 Å². The van der Waals surface area contributed by atoms with Crippen LogP contribution in [-0.4, -0.2) is 57.6 Å². The number of para-hydroxylation sites is 1. The average molecular weight is 603 g/mol. The first-order chi connectivity index (χ1) is 21.3. The fraction of sp³-hybridized carbons (Fsp3) is 0.412. The molecule has 232 valence electrons. The first-order valence-electron chi connectivity index (χ1n) is 15.6. The summed E-state index contributed by atoms with van der Waals surface area (Å²) in [5.74, 6) is -1.70. The van der Waals surface area contributed by atoms with Crippen molar-refractivity contribution in [1.29, 1.82) is 0 Å². The predicted molar refractivity (Wildman–Crippen MR) is 170 cm³/mol. The highest BCUT2D eigenvalue weighted by Gasteiger charge is 2.22. The molecule has 2 aromatic carbocycles. The molecule has 0 radical (unpaired) electrons. The van der Waals surface area contributed by atoms with Crippen molar-refractivity contribution in [2.24, 2.45) is 0 Å². The SMILES string of the molecule is CCN(CC)CCCNc1nc(-c2cc(C(=O)NC3CCCCC3)ccc2C)c2ccc(=O)n(-c3c(F)cccc3F)c2n1. The molecule has 2 heterocycles. The van der Waals surface area contributed by atoms with Gasteiger partial charge in [-0.05, 0) is 81.7 Å². The Balaban J connectivity index is 1.62. The van der Waals surface area contributed by atoms with Gasteiger partial charge in [-0.3, -0.25) is 14.2 Å². The highest BCUT2D eigenvalue weighted by atomic mass is 19.1. The van der Waals surface area contributed by atoms with Crippen LogP contribution in [0.3, 0.4) is 0 Å². The lowest BCUT2D eigenvalue weighted by atomic mass is 9.95. The van der Waals surface area contributed by atoms with E-state index in [1.165, 1.54) is 18.6 Å². The van der Waals surface area contributed by atoms with Gasteiger partial charge in [0.25, 0.3) is 11.5 Å². The van der Waals surface area contributed by atoms with Crippen molar-refractivity contribution in [3.63, 3.8) is 0 Å². The molecule has 44 heavy (non-hydrogen) atoms. The van der Waals surface area contributed by atoms with Crippen LogP contribution >= 0.6 is 0 Å². The minimum Gasteiger partial charge on any atom is -0.354 e. The second kappa shape index (κ2) is 14.1. The molecular weight excluding hydrogens is 562 g/mol. The number of hydrogen-bond acceptors (Lipinski definition) is 6. The molecule has 10 heteroatoms. The number of nitrogens with zero attached hydrogens (tertiary/aromatic N) is 4. The van der Waals surface area contributed by atoms with Gasteiger partial charge in [-0.15, -0.1) is 0 Å². The van der Waals surface area contributed by atoms with Gasteiger partial charge in [-0.2, -0.15) is 4.98 Å². The lowest BCUT2D eigenvalue weighted by molar-refractivity contribution is 0.0927. The Morgan fingerprint density at radius 2 is 1.73 bits per heavy atom. The van der Waals surface area contributed by atoms with Crippen LogP contribution in [0, 0.1) is 18.6 Å². The highest BCUT2D eigenvalue weighted by Crippen LogP contribution is 2.32. The Bertz CT molecular complexity index is 1680. The number of nitrogens with one attached hydrogen (secondary N) is 2. The van der Waals surface area contributed by atoms with Crippen molar-refractivity contribution in [1.82, 2.24) is 24.8 Å². The molecule has 8 nitrogen and oxygen atoms in total. The molecule has 2 aromatic heterocycles. The van der Waals surface area contributed by atoms with E-state index in [0.29, 0.717) is 28.8 Å². The van der Waals surface area contributed by atoms with E-state index >= 15 is 8.78 Å². The standard InChI is InChI=1S/C34H40F2N6O2/c1-4-41(5-2)20-10-19-37-34-39-30(26-21-23(16-15-22(26)3)33(44)38-24-11-7-6-8-12-24)25-17-18-29(43)42(32(25)40-34)31-27(35)13-9-14-28(31)36/h9,13-18,21,24H,4-8,10-12,19-20H2,1-3H3,(H,38,44)(H,37,39,40). The molecule has 0 saturated heterocycles. The number of fused-ring (bicyclic) bond motifs is 1. The minimum atomic E-state index is -0.883. The second-order valence-corrected chi connectivity index (χ2v) is 11.4. The van der Waals surface area contributed by atoms with Crippen LogP contribution in [0.1, 0.15) is 68.3 Å². The number of anilines is 1. The maximum Gasteiger partial charge on any atom is 0.256 e. The monoisotopic (exact) mass is 602 g/mol. The normalized spacial score (nSPS) is 13.9. The largest absolute Gasteiger partial charge is 0.354 e. The smallest absolute Gasteiger partial charge is 0.256 e. The van der Waals surface area contributed by atoms with Gasteiger partial charge >= 0.3 is 0 Å². The third-order valence-corrected chi connectivity index (χ3v) is 8.44. The molecule has 5 rings (SSSR count). The zero-order chi connectivity index (χ0) is 31.2. The molecule has 0 aliphatic heterocycles. The van der Waals surface area contributed by atoms with E-state index in [9.17, 15) is 9.59 Å². The summed E-state index contributed by atoms with van der Waals surface area (Å²) in [5.41, 5.74) is 1.39. The van der Waals surface area contributed by atoms with E-state index in [4.69, 9.17) is 4.98 Å². The van der Waals surface area contributed by atoms with Crippen LogP contribution in [0.2, 0.25) is 0 Å². The van der Waals surface area contributed by atoms with E-state index in [0.717, 1.165) is 74.0 Å². The third-order valence-electron chi connectivity index (χ3n) is 8.44. The Labute approximate surface area is 256 Å². The van der Waals surface area contributed by atoms with Crippen LogP contribution in [-0.2, 0) is 0 Å². The van der Waals surface area contributed by atoms with Crippen LogP contribution in [0.4, 0.5) is 14.7 Å². The summed E-state index contributed by atoms with van der Waals surface area (Å²) in [4.78, 5) is 38.2. The molecule has 4 aromatic rings. The molecule has 0 spiro atoms. The average Bonchev–Trinajstić information content (AvgIpc) is 3.02. The number of hydrogen-bond donors (Lipinski definition) is 2. The number of benzene rings is 2. The zero-order valence-electron chi connectivity index (χ0n) is 25.6. The summed E-state index contributed by atoms with van der Waals surface area (Å²) >= 11 is 0. The number of amides is 1. The summed E-state index contributed by atoms with van der Waals surface area (Å²) in [5, 5.41) is 6.85. The summed E-state index contributed by atoms with van der Waals surface area (Å²) in [7, 11) is 0. The molecule has 0 unspecified atom stereocenters. The van der Waals surface area contributed by atoms with Gasteiger partial charge in [0.15, 0.2) is 5.65 Å². The molecule has 1 aliphatic rings. The quantitative estimate of drug-likeness (QED) is 0.198. The van der Waals surface area contributed by atoms with Crippen molar-refractivity contribution < 1.29 is 13.6 Å². The lowest BCUT2D eigenvalue weighted by Crippen LogP contribution is -2.36. The van der Waals surface area contributed by atoms with Crippen molar-refractivity contribution >= 4 is 22.9 Å². The fourth-order valence-corrected chi connectivity index (χ4v) is 5.89. The Kier molecular flexibility index (Phi) is 9.99. The van der Waals surface area contributed by atoms with Gasteiger partial charge in [-0.25, -0.2) is 13.8 Å². The zero-order valence-corrected chi connectivity index (χ0v) is 25.6. The number of aromatic nitrogens is 3. The number of rotatable bonds is 11. The van der Waals surface area contributed by atoms with Gasteiger partial charge in [0, 0.05) is 35.2 Å². The molecule has 1 fully saturated rings. The maximum absolute atomic E-state index is 15.0. The molecule has 2 N–H and O–H groups in total. The predicted octanol–water partition coefficient (Wildman–Crippen LogP) is 6.24. The fourth-order valence-electron chi connectivity index (χ4n) is 5.89. The van der Waals surface area contributed by atoms with Gasteiger partial charge in [-0.1, -0.05) is 45.2 Å². The van der Waals surface area contributed by atoms with Crippen LogP contribution < -0.4 is 16.2 Å². The van der Waals surface area contributed by atoms with E-state index in [1.807, 2.05) is 13.0 Å². The molecular formula is C34H40F2N6O2. The summed E-state index contributed by atoms with van der Waals surface area (Å²) < 4.78 is 31.1. The van der Waals surface area contributed by atoms with E-state index in [2.05, 4.69) is 34.4 Å². The molecule has 0 atom stereocenters. The number of carbonyl (C=O) groups is 1. The maximum atomic E-state index is 15.0. The van der Waals surface area contributed by atoms with Crippen molar-refractivity contribution in [2.75, 3.05) is 31.5 Å². The van der Waals surface area contributed by atoms with Crippen molar-refractivity contribution in [2.45, 2.75) is 65.3 Å². The van der Waals surface area contributed by atoms with Crippen molar-refractivity contribution in [3.05, 3.63) is 81.6 Å².